The number of hydrogen-bond acceptors (Lipinski definition) is 4. The SMILES string of the molecule is Cc1cc(-n2cc(CCCNC(C)(C)C)cn2)ncn1. The zero-order valence-corrected chi connectivity index (χ0v) is 12.7. The zero-order chi connectivity index (χ0) is 14.6. The largest absolute Gasteiger partial charge is 0.312 e. The number of nitrogens with one attached hydrogen (secondary N) is 1. The highest BCUT2D eigenvalue weighted by Crippen LogP contribution is 2.08. The lowest BCUT2D eigenvalue weighted by Crippen LogP contribution is -2.36. The van der Waals surface area contributed by atoms with Crippen molar-refractivity contribution in [3.05, 3.63) is 36.0 Å². The van der Waals surface area contributed by atoms with Crippen LogP contribution in [0.1, 0.15) is 38.4 Å². The Morgan fingerprint density at radius 2 is 2.05 bits per heavy atom. The standard InChI is InChI=1S/C15H23N5/c1-12-8-14(17-11-16-12)20-10-13(9-19-20)6-5-7-18-15(2,3)4/h8-11,18H,5-7H2,1-4H3. The van der Waals surface area contributed by atoms with Gasteiger partial charge < -0.3 is 5.32 Å². The Kier molecular flexibility index (Phi) is 4.49. The minimum absolute atomic E-state index is 0.183. The Morgan fingerprint density at radius 1 is 1.25 bits per heavy atom. The molecule has 0 atom stereocenters. The third-order valence-corrected chi connectivity index (χ3v) is 2.96. The molecule has 20 heavy (non-hydrogen) atoms. The molecule has 1 N–H and O–H groups in total. The summed E-state index contributed by atoms with van der Waals surface area (Å²) in [6.45, 7) is 9.52. The Morgan fingerprint density at radius 3 is 2.75 bits per heavy atom. The maximum atomic E-state index is 4.36. The fraction of sp³-hybridized carbons (Fsp3) is 0.533. The molecule has 108 valence electrons. The molecule has 5 nitrogen and oxygen atoms in total. The molecule has 0 unspecified atom stereocenters. The van der Waals surface area contributed by atoms with Crippen molar-refractivity contribution in [3.63, 3.8) is 0 Å². The first kappa shape index (κ1) is 14.7. The molecule has 0 spiro atoms. The molecule has 0 saturated carbocycles. The van der Waals surface area contributed by atoms with Gasteiger partial charge in [-0.3, -0.25) is 0 Å². The second-order valence-corrected chi connectivity index (χ2v) is 6.09. The molecule has 0 fully saturated rings. The number of aryl methyl sites for hydroxylation is 2. The summed E-state index contributed by atoms with van der Waals surface area (Å²) in [4.78, 5) is 8.32. The first-order valence-electron chi connectivity index (χ1n) is 7.02. The molecule has 0 aliphatic carbocycles. The van der Waals surface area contributed by atoms with Crippen LogP contribution in [0.4, 0.5) is 0 Å². The molecule has 0 aliphatic rings. The topological polar surface area (TPSA) is 55.6 Å². The van der Waals surface area contributed by atoms with Crippen LogP contribution in [0.2, 0.25) is 0 Å². The monoisotopic (exact) mass is 273 g/mol. The van der Waals surface area contributed by atoms with Gasteiger partial charge >= 0.3 is 0 Å². The highest BCUT2D eigenvalue weighted by molar-refractivity contribution is 5.23. The van der Waals surface area contributed by atoms with E-state index in [1.165, 1.54) is 5.56 Å². The highest BCUT2D eigenvalue weighted by atomic mass is 15.3. The summed E-state index contributed by atoms with van der Waals surface area (Å²) in [6.07, 6.45) is 7.64. The molecule has 0 bridgehead atoms. The van der Waals surface area contributed by atoms with Crippen molar-refractivity contribution in [3.8, 4) is 5.82 Å². The molecule has 2 aromatic rings. The van der Waals surface area contributed by atoms with Gasteiger partial charge in [0.1, 0.15) is 6.33 Å². The van der Waals surface area contributed by atoms with Crippen molar-refractivity contribution in [2.24, 2.45) is 0 Å². The van der Waals surface area contributed by atoms with Crippen LogP contribution >= 0.6 is 0 Å². The van der Waals surface area contributed by atoms with Crippen molar-refractivity contribution < 1.29 is 0 Å². The van der Waals surface area contributed by atoms with Crippen LogP contribution in [0.25, 0.3) is 5.82 Å². The average Bonchev–Trinajstić information content (AvgIpc) is 2.82. The van der Waals surface area contributed by atoms with E-state index >= 15 is 0 Å². The first-order valence-corrected chi connectivity index (χ1v) is 7.02. The summed E-state index contributed by atoms with van der Waals surface area (Å²) in [6, 6.07) is 1.93. The number of nitrogens with zero attached hydrogens (tertiary/aromatic N) is 4. The van der Waals surface area contributed by atoms with E-state index in [0.29, 0.717) is 0 Å². The van der Waals surface area contributed by atoms with Gasteiger partial charge in [-0.05, 0) is 52.6 Å². The second kappa shape index (κ2) is 6.13. The van der Waals surface area contributed by atoms with Gasteiger partial charge in [0.2, 0.25) is 0 Å². The molecular weight excluding hydrogens is 250 g/mol. The molecule has 0 saturated heterocycles. The summed E-state index contributed by atoms with van der Waals surface area (Å²) in [5.41, 5.74) is 2.36. The fourth-order valence-electron chi connectivity index (χ4n) is 1.94. The summed E-state index contributed by atoms with van der Waals surface area (Å²) in [5.74, 6) is 0.816. The molecule has 0 aliphatic heterocycles. The Balaban J connectivity index is 1.90. The molecule has 2 aromatic heterocycles. The summed E-state index contributed by atoms with van der Waals surface area (Å²) in [5, 5.41) is 7.85. The lowest BCUT2D eigenvalue weighted by atomic mass is 10.1. The van der Waals surface area contributed by atoms with Crippen molar-refractivity contribution in [1.29, 1.82) is 0 Å². The van der Waals surface area contributed by atoms with E-state index in [-0.39, 0.29) is 5.54 Å². The molecule has 2 rings (SSSR count). The maximum Gasteiger partial charge on any atom is 0.156 e. The number of aromatic nitrogens is 4. The lowest BCUT2D eigenvalue weighted by molar-refractivity contribution is 0.422. The van der Waals surface area contributed by atoms with Crippen molar-refractivity contribution in [1.82, 2.24) is 25.1 Å². The second-order valence-electron chi connectivity index (χ2n) is 6.09. The summed E-state index contributed by atoms with van der Waals surface area (Å²) >= 11 is 0. The van der Waals surface area contributed by atoms with E-state index in [4.69, 9.17) is 0 Å². The molecule has 5 heteroatoms. The van der Waals surface area contributed by atoms with Crippen LogP contribution in [0.3, 0.4) is 0 Å². The van der Waals surface area contributed by atoms with E-state index < -0.39 is 0 Å². The normalized spacial score (nSPS) is 11.8. The Hall–Kier alpha value is -1.75. The lowest BCUT2D eigenvalue weighted by Gasteiger charge is -2.20. The van der Waals surface area contributed by atoms with Crippen LogP contribution in [0.5, 0.6) is 0 Å². The quantitative estimate of drug-likeness (QED) is 0.849. The number of hydrogen-bond donors (Lipinski definition) is 1. The van der Waals surface area contributed by atoms with E-state index in [9.17, 15) is 0 Å². The van der Waals surface area contributed by atoms with E-state index in [1.54, 1.807) is 11.0 Å². The molecule has 2 heterocycles. The van der Waals surface area contributed by atoms with E-state index in [2.05, 4.69) is 41.2 Å². The molecule has 0 amide bonds. The van der Waals surface area contributed by atoms with Gasteiger partial charge in [0.15, 0.2) is 5.82 Å². The summed E-state index contributed by atoms with van der Waals surface area (Å²) in [7, 11) is 0. The minimum atomic E-state index is 0.183. The molecule has 0 radical (unpaired) electrons. The first-order chi connectivity index (χ1) is 9.44. The number of rotatable bonds is 5. The van der Waals surface area contributed by atoms with Gasteiger partial charge in [-0.1, -0.05) is 0 Å². The highest BCUT2D eigenvalue weighted by Gasteiger charge is 2.08. The van der Waals surface area contributed by atoms with Crippen molar-refractivity contribution in [2.75, 3.05) is 6.54 Å². The van der Waals surface area contributed by atoms with Crippen LogP contribution in [-0.4, -0.2) is 31.8 Å². The minimum Gasteiger partial charge on any atom is -0.312 e. The maximum absolute atomic E-state index is 4.36. The van der Waals surface area contributed by atoms with E-state index in [0.717, 1.165) is 30.9 Å². The van der Waals surface area contributed by atoms with E-state index in [1.807, 2.05) is 25.4 Å². The third-order valence-electron chi connectivity index (χ3n) is 2.96. The molecular formula is C15H23N5. The van der Waals surface area contributed by atoms with Gasteiger partial charge in [0, 0.05) is 23.5 Å². The van der Waals surface area contributed by atoms with Gasteiger partial charge in [-0.15, -0.1) is 0 Å². The Bertz CT molecular complexity index is 553. The van der Waals surface area contributed by atoms with Crippen LogP contribution in [0, 0.1) is 6.92 Å². The smallest absolute Gasteiger partial charge is 0.156 e. The summed E-state index contributed by atoms with van der Waals surface area (Å²) < 4.78 is 1.81. The van der Waals surface area contributed by atoms with Gasteiger partial charge in [-0.25, -0.2) is 14.6 Å². The Labute approximate surface area is 120 Å². The van der Waals surface area contributed by atoms with Crippen LogP contribution < -0.4 is 5.32 Å². The zero-order valence-electron chi connectivity index (χ0n) is 12.7. The van der Waals surface area contributed by atoms with Crippen LogP contribution in [-0.2, 0) is 6.42 Å². The fourth-order valence-corrected chi connectivity index (χ4v) is 1.94. The van der Waals surface area contributed by atoms with Crippen molar-refractivity contribution in [2.45, 2.75) is 46.1 Å². The van der Waals surface area contributed by atoms with Crippen LogP contribution in [0.15, 0.2) is 24.8 Å². The van der Waals surface area contributed by atoms with Gasteiger partial charge in [-0.2, -0.15) is 5.10 Å². The molecule has 0 aromatic carbocycles. The van der Waals surface area contributed by atoms with Crippen molar-refractivity contribution >= 4 is 0 Å². The average molecular weight is 273 g/mol. The third kappa shape index (κ3) is 4.42. The predicted octanol–water partition coefficient (Wildman–Crippen LogP) is 2.29. The van der Waals surface area contributed by atoms with Gasteiger partial charge in [0.25, 0.3) is 0 Å². The van der Waals surface area contributed by atoms with Gasteiger partial charge in [0.05, 0.1) is 6.20 Å². The predicted molar refractivity (Wildman–Crippen MR) is 80.0 cm³/mol.